The Labute approximate surface area is 84.0 Å². The summed E-state index contributed by atoms with van der Waals surface area (Å²) in [7, 11) is 0. The van der Waals surface area contributed by atoms with E-state index >= 15 is 0 Å². The molecular weight excluding hydrogens is 241 g/mol. The molecule has 0 heterocycles. The van der Waals surface area contributed by atoms with Gasteiger partial charge >= 0.3 is 0 Å². The van der Waals surface area contributed by atoms with Crippen LogP contribution in [0, 0.1) is 6.92 Å². The van der Waals surface area contributed by atoms with Crippen LogP contribution >= 0.6 is 27.5 Å². The van der Waals surface area contributed by atoms with Crippen LogP contribution in [0.25, 0.3) is 0 Å². The number of nitrogens with one attached hydrogen (secondary N) is 1. The van der Waals surface area contributed by atoms with Crippen molar-refractivity contribution < 1.29 is 4.79 Å². The second-order valence-electron chi connectivity index (χ2n) is 2.37. The Hall–Kier alpha value is -0.540. The number of rotatable bonds is 2. The summed E-state index contributed by atoms with van der Waals surface area (Å²) >= 11 is 9.16. The van der Waals surface area contributed by atoms with Gasteiger partial charge in [0.15, 0.2) is 0 Å². The average molecular weight is 249 g/mol. The Morgan fingerprint density at radius 2 is 2.25 bits per heavy atom. The van der Waals surface area contributed by atoms with E-state index < -0.39 is 0 Å². The number of anilines is 1. The summed E-state index contributed by atoms with van der Waals surface area (Å²) in [6.07, 6.45) is 0.599. The van der Waals surface area contributed by atoms with Crippen molar-refractivity contribution in [3.8, 4) is 0 Å². The molecule has 1 amide bonds. The highest BCUT2D eigenvalue weighted by atomic mass is 79.9. The average Bonchev–Trinajstić information content (AvgIpc) is 1.96. The van der Waals surface area contributed by atoms with Gasteiger partial charge < -0.3 is 5.32 Å². The summed E-state index contributed by atoms with van der Waals surface area (Å²) in [5.74, 6) is 0. The van der Waals surface area contributed by atoms with Crippen LogP contribution in [0.3, 0.4) is 0 Å². The van der Waals surface area contributed by atoms with Gasteiger partial charge in [0.25, 0.3) is 0 Å². The Bertz CT molecular complexity index is 291. The fourth-order valence-electron chi connectivity index (χ4n) is 0.897. The van der Waals surface area contributed by atoms with Gasteiger partial charge in [-0.15, -0.1) is 0 Å². The van der Waals surface area contributed by atoms with Crippen molar-refractivity contribution in [1.29, 1.82) is 0 Å². The van der Waals surface area contributed by atoms with E-state index in [1.165, 1.54) is 0 Å². The molecule has 0 fully saturated rings. The van der Waals surface area contributed by atoms with E-state index in [-0.39, 0.29) is 0 Å². The summed E-state index contributed by atoms with van der Waals surface area (Å²) in [6.45, 7) is 1.93. The monoisotopic (exact) mass is 247 g/mol. The highest BCUT2D eigenvalue weighted by Gasteiger charge is 2.04. The van der Waals surface area contributed by atoms with Gasteiger partial charge in [0, 0.05) is 4.47 Å². The molecule has 0 bridgehead atoms. The Kier molecular flexibility index (Phi) is 3.12. The smallest absolute Gasteiger partial charge is 0.211 e. The summed E-state index contributed by atoms with van der Waals surface area (Å²) in [6, 6.07) is 3.68. The van der Waals surface area contributed by atoms with Crippen LogP contribution in [0.2, 0.25) is 5.02 Å². The Morgan fingerprint density at radius 3 is 2.75 bits per heavy atom. The SMILES string of the molecule is Cc1cc(Cl)c(NC=O)c(Br)c1. The van der Waals surface area contributed by atoms with E-state index in [2.05, 4.69) is 21.2 Å². The molecule has 1 N–H and O–H groups in total. The predicted octanol–water partition coefficient (Wildman–Crippen LogP) is 2.98. The number of amides is 1. The Morgan fingerprint density at radius 1 is 1.58 bits per heavy atom. The van der Waals surface area contributed by atoms with Crippen LogP contribution in [0.4, 0.5) is 5.69 Å². The van der Waals surface area contributed by atoms with Gasteiger partial charge in [-0.25, -0.2) is 0 Å². The van der Waals surface area contributed by atoms with Gasteiger partial charge in [-0.05, 0) is 40.5 Å². The second kappa shape index (κ2) is 3.92. The molecule has 0 saturated heterocycles. The van der Waals surface area contributed by atoms with E-state index in [4.69, 9.17) is 11.6 Å². The van der Waals surface area contributed by atoms with Gasteiger partial charge in [0.1, 0.15) is 0 Å². The van der Waals surface area contributed by atoms with Crippen LogP contribution in [0.1, 0.15) is 5.56 Å². The van der Waals surface area contributed by atoms with Crippen LogP contribution in [-0.4, -0.2) is 6.41 Å². The fourth-order valence-corrected chi connectivity index (χ4v) is 2.03. The van der Waals surface area contributed by atoms with E-state index in [0.29, 0.717) is 17.1 Å². The summed E-state index contributed by atoms with van der Waals surface area (Å²) in [5.41, 5.74) is 1.65. The zero-order chi connectivity index (χ0) is 9.14. The summed E-state index contributed by atoms with van der Waals surface area (Å²) < 4.78 is 0.791. The fraction of sp³-hybridized carbons (Fsp3) is 0.125. The molecule has 1 rings (SSSR count). The van der Waals surface area contributed by atoms with Crippen molar-refractivity contribution in [2.75, 3.05) is 5.32 Å². The normalized spacial score (nSPS) is 9.58. The van der Waals surface area contributed by atoms with Crippen molar-refractivity contribution in [2.24, 2.45) is 0 Å². The molecule has 0 aliphatic heterocycles. The number of carbonyl (C=O) groups excluding carboxylic acids is 1. The molecule has 0 unspecified atom stereocenters. The molecule has 0 aliphatic carbocycles. The third kappa shape index (κ3) is 1.99. The van der Waals surface area contributed by atoms with Gasteiger partial charge in [0.2, 0.25) is 6.41 Å². The van der Waals surface area contributed by atoms with Crippen molar-refractivity contribution in [2.45, 2.75) is 6.92 Å². The summed E-state index contributed by atoms with van der Waals surface area (Å²) in [5, 5.41) is 3.05. The summed E-state index contributed by atoms with van der Waals surface area (Å²) in [4.78, 5) is 10.2. The molecule has 0 atom stereocenters. The molecule has 0 radical (unpaired) electrons. The van der Waals surface area contributed by atoms with Gasteiger partial charge in [-0.1, -0.05) is 11.6 Å². The van der Waals surface area contributed by atoms with Crippen molar-refractivity contribution in [3.63, 3.8) is 0 Å². The zero-order valence-corrected chi connectivity index (χ0v) is 8.74. The lowest BCUT2D eigenvalue weighted by molar-refractivity contribution is -0.105. The first-order valence-electron chi connectivity index (χ1n) is 3.31. The molecule has 1 aromatic carbocycles. The lowest BCUT2D eigenvalue weighted by atomic mass is 10.2. The van der Waals surface area contributed by atoms with Gasteiger partial charge in [-0.2, -0.15) is 0 Å². The van der Waals surface area contributed by atoms with Crippen LogP contribution < -0.4 is 5.32 Å². The first kappa shape index (κ1) is 9.55. The number of halogens is 2. The standard InChI is InChI=1S/C8H7BrClNO/c1-5-2-6(9)8(11-4-12)7(10)3-5/h2-4H,1H3,(H,11,12). The van der Waals surface area contributed by atoms with E-state index in [9.17, 15) is 4.79 Å². The maximum absolute atomic E-state index is 10.2. The molecule has 0 saturated carbocycles. The lowest BCUT2D eigenvalue weighted by Crippen LogP contribution is -1.95. The van der Waals surface area contributed by atoms with Crippen LogP contribution in [-0.2, 0) is 4.79 Å². The second-order valence-corrected chi connectivity index (χ2v) is 3.63. The topological polar surface area (TPSA) is 29.1 Å². The molecule has 4 heteroatoms. The maximum atomic E-state index is 10.2. The van der Waals surface area contributed by atoms with E-state index in [1.54, 1.807) is 6.07 Å². The quantitative estimate of drug-likeness (QED) is 0.801. The molecule has 0 aromatic heterocycles. The minimum atomic E-state index is 0.536. The van der Waals surface area contributed by atoms with E-state index in [1.807, 2.05) is 13.0 Å². The molecule has 2 nitrogen and oxygen atoms in total. The van der Waals surface area contributed by atoms with Gasteiger partial charge in [0.05, 0.1) is 10.7 Å². The molecule has 64 valence electrons. The largest absolute Gasteiger partial charge is 0.326 e. The number of carbonyl (C=O) groups is 1. The van der Waals surface area contributed by atoms with E-state index in [0.717, 1.165) is 10.0 Å². The van der Waals surface area contributed by atoms with Crippen molar-refractivity contribution in [1.82, 2.24) is 0 Å². The minimum absolute atomic E-state index is 0.536. The number of benzene rings is 1. The lowest BCUT2D eigenvalue weighted by Gasteiger charge is -2.05. The molecule has 1 aromatic rings. The molecular formula is C8H7BrClNO. The first-order chi connectivity index (χ1) is 5.65. The molecule has 0 aliphatic rings. The Balaban J connectivity index is 3.18. The highest BCUT2D eigenvalue weighted by Crippen LogP contribution is 2.31. The minimum Gasteiger partial charge on any atom is -0.326 e. The maximum Gasteiger partial charge on any atom is 0.211 e. The number of aryl methyl sites for hydroxylation is 1. The third-order valence-corrected chi connectivity index (χ3v) is 2.31. The van der Waals surface area contributed by atoms with Crippen LogP contribution in [0.15, 0.2) is 16.6 Å². The highest BCUT2D eigenvalue weighted by molar-refractivity contribution is 9.10. The van der Waals surface area contributed by atoms with Crippen molar-refractivity contribution >= 4 is 39.6 Å². The number of hydrogen-bond donors (Lipinski definition) is 1. The predicted molar refractivity (Wildman–Crippen MR) is 53.6 cm³/mol. The molecule has 0 spiro atoms. The number of hydrogen-bond acceptors (Lipinski definition) is 1. The first-order valence-corrected chi connectivity index (χ1v) is 4.48. The zero-order valence-electron chi connectivity index (χ0n) is 6.40. The van der Waals surface area contributed by atoms with Crippen LogP contribution in [0.5, 0.6) is 0 Å². The van der Waals surface area contributed by atoms with Crippen molar-refractivity contribution in [3.05, 3.63) is 27.2 Å². The third-order valence-electron chi connectivity index (χ3n) is 1.39. The molecule has 12 heavy (non-hydrogen) atoms. The van der Waals surface area contributed by atoms with Gasteiger partial charge in [-0.3, -0.25) is 4.79 Å².